The minimum atomic E-state index is -0.306. The van der Waals surface area contributed by atoms with Crippen molar-refractivity contribution >= 4 is 5.91 Å². The lowest BCUT2D eigenvalue weighted by atomic mass is 10.00. The molecule has 0 N–H and O–H groups in total. The average molecular weight is 218 g/mol. The molecule has 16 heavy (non-hydrogen) atoms. The second-order valence-corrected chi connectivity index (χ2v) is 3.90. The summed E-state index contributed by atoms with van der Waals surface area (Å²) < 4.78 is 5.22. The Morgan fingerprint density at radius 2 is 1.88 bits per heavy atom. The lowest BCUT2D eigenvalue weighted by molar-refractivity contribution is -0.135. The normalized spacial score (nSPS) is 18.2. The number of rotatable bonds is 2. The van der Waals surface area contributed by atoms with Crippen molar-refractivity contribution < 1.29 is 9.53 Å². The highest BCUT2D eigenvalue weighted by molar-refractivity contribution is 5.84. The van der Waals surface area contributed by atoms with E-state index in [-0.39, 0.29) is 11.8 Å². The molecule has 0 aliphatic carbocycles. The van der Waals surface area contributed by atoms with Crippen LogP contribution in [0, 0.1) is 6.92 Å². The van der Waals surface area contributed by atoms with Gasteiger partial charge in [-0.2, -0.15) is 0 Å². The number of carbonyl (C=O) groups excluding carboxylic acids is 1. The predicted octanol–water partition coefficient (Wildman–Crippen LogP) is 1.46. The molecular formula is C13H16NO2. The first-order valence-electron chi connectivity index (χ1n) is 5.53. The highest BCUT2D eigenvalue weighted by atomic mass is 16.5. The van der Waals surface area contributed by atoms with Gasteiger partial charge in [-0.1, -0.05) is 30.3 Å². The Balaban J connectivity index is 2.04. The number of nitrogens with zero attached hydrogens (tertiary/aromatic N) is 1. The molecule has 1 aromatic rings. The first-order valence-corrected chi connectivity index (χ1v) is 5.53. The van der Waals surface area contributed by atoms with Gasteiger partial charge in [0.1, 0.15) is 0 Å². The van der Waals surface area contributed by atoms with Crippen molar-refractivity contribution in [2.75, 3.05) is 26.3 Å². The maximum atomic E-state index is 12.1. The Morgan fingerprint density at radius 3 is 2.50 bits per heavy atom. The van der Waals surface area contributed by atoms with Gasteiger partial charge in [0.05, 0.1) is 19.1 Å². The molecule has 0 saturated carbocycles. The standard InChI is InChI=1S/C13H16NO2/c1-11(12-5-3-2-4-6-12)13(15)14-7-9-16-10-8-14/h2-6,11H,1,7-10H2. The molecule has 0 spiro atoms. The van der Waals surface area contributed by atoms with Gasteiger partial charge in [-0.15, -0.1) is 0 Å². The van der Waals surface area contributed by atoms with Gasteiger partial charge in [-0.3, -0.25) is 4.79 Å². The predicted molar refractivity (Wildman–Crippen MR) is 61.9 cm³/mol. The summed E-state index contributed by atoms with van der Waals surface area (Å²) in [6.07, 6.45) is 0. The molecule has 1 aliphatic rings. The summed E-state index contributed by atoms with van der Waals surface area (Å²) in [4.78, 5) is 13.9. The van der Waals surface area contributed by atoms with E-state index in [2.05, 4.69) is 6.92 Å². The first-order chi connectivity index (χ1) is 7.79. The van der Waals surface area contributed by atoms with Gasteiger partial charge in [0.25, 0.3) is 0 Å². The molecule has 85 valence electrons. The van der Waals surface area contributed by atoms with Crippen LogP contribution in [0.4, 0.5) is 0 Å². The van der Waals surface area contributed by atoms with Crippen LogP contribution in [0.2, 0.25) is 0 Å². The lowest BCUT2D eigenvalue weighted by Gasteiger charge is -2.29. The average Bonchev–Trinajstić information content (AvgIpc) is 2.39. The van der Waals surface area contributed by atoms with Crippen LogP contribution in [0.3, 0.4) is 0 Å². The summed E-state index contributed by atoms with van der Waals surface area (Å²) in [6.45, 7) is 6.57. The number of hydrogen-bond donors (Lipinski definition) is 0. The molecule has 1 saturated heterocycles. The third-order valence-electron chi connectivity index (χ3n) is 2.82. The Labute approximate surface area is 96.0 Å². The van der Waals surface area contributed by atoms with Gasteiger partial charge in [0.2, 0.25) is 5.91 Å². The van der Waals surface area contributed by atoms with E-state index in [4.69, 9.17) is 4.74 Å². The third-order valence-corrected chi connectivity index (χ3v) is 2.82. The van der Waals surface area contributed by atoms with E-state index in [0.717, 1.165) is 5.56 Å². The SMILES string of the molecule is [CH2]C(C(=O)N1CCOCC1)c1ccccc1. The van der Waals surface area contributed by atoms with Crippen molar-refractivity contribution in [3.63, 3.8) is 0 Å². The number of hydrogen-bond acceptors (Lipinski definition) is 2. The maximum absolute atomic E-state index is 12.1. The second-order valence-electron chi connectivity index (χ2n) is 3.90. The summed E-state index contributed by atoms with van der Waals surface area (Å²) in [6, 6.07) is 9.68. The number of carbonyl (C=O) groups is 1. The van der Waals surface area contributed by atoms with Gasteiger partial charge in [-0.05, 0) is 12.5 Å². The number of morpholine rings is 1. The molecule has 0 aromatic heterocycles. The quantitative estimate of drug-likeness (QED) is 0.752. The maximum Gasteiger partial charge on any atom is 0.230 e. The van der Waals surface area contributed by atoms with Crippen LogP contribution in [0.25, 0.3) is 0 Å². The van der Waals surface area contributed by atoms with Crippen molar-refractivity contribution in [2.45, 2.75) is 5.92 Å². The molecule has 1 atom stereocenters. The van der Waals surface area contributed by atoms with Crippen LogP contribution in [0.1, 0.15) is 11.5 Å². The zero-order valence-electron chi connectivity index (χ0n) is 9.26. The van der Waals surface area contributed by atoms with E-state index >= 15 is 0 Å². The molecule has 1 unspecified atom stereocenters. The van der Waals surface area contributed by atoms with Crippen LogP contribution >= 0.6 is 0 Å². The Kier molecular flexibility index (Phi) is 3.57. The Bertz CT molecular complexity index is 344. The number of benzene rings is 1. The molecule has 1 aliphatic heterocycles. The van der Waals surface area contributed by atoms with E-state index in [1.165, 1.54) is 0 Å². The smallest absolute Gasteiger partial charge is 0.230 e. The van der Waals surface area contributed by atoms with Gasteiger partial charge < -0.3 is 9.64 Å². The van der Waals surface area contributed by atoms with Crippen LogP contribution in [-0.4, -0.2) is 37.1 Å². The minimum Gasteiger partial charge on any atom is -0.378 e. The monoisotopic (exact) mass is 218 g/mol. The molecular weight excluding hydrogens is 202 g/mol. The van der Waals surface area contributed by atoms with E-state index in [0.29, 0.717) is 26.3 Å². The summed E-state index contributed by atoms with van der Waals surface area (Å²) in [5.74, 6) is -0.214. The third kappa shape index (κ3) is 2.42. The van der Waals surface area contributed by atoms with E-state index < -0.39 is 0 Å². The van der Waals surface area contributed by atoms with Crippen molar-refractivity contribution in [3.8, 4) is 0 Å². The second kappa shape index (κ2) is 5.12. The van der Waals surface area contributed by atoms with E-state index in [1.54, 1.807) is 0 Å². The van der Waals surface area contributed by atoms with Gasteiger partial charge in [-0.25, -0.2) is 0 Å². The van der Waals surface area contributed by atoms with Crippen molar-refractivity contribution in [1.82, 2.24) is 4.90 Å². The highest BCUT2D eigenvalue weighted by Crippen LogP contribution is 2.17. The zero-order valence-corrected chi connectivity index (χ0v) is 9.26. The van der Waals surface area contributed by atoms with Gasteiger partial charge in [0.15, 0.2) is 0 Å². The first kappa shape index (κ1) is 11.1. The molecule has 1 heterocycles. The molecule has 2 rings (SSSR count). The van der Waals surface area contributed by atoms with Gasteiger partial charge >= 0.3 is 0 Å². The highest BCUT2D eigenvalue weighted by Gasteiger charge is 2.23. The summed E-state index contributed by atoms with van der Waals surface area (Å²) in [5, 5.41) is 0. The van der Waals surface area contributed by atoms with Crippen LogP contribution in [-0.2, 0) is 9.53 Å². The Hall–Kier alpha value is -1.35. The fraction of sp³-hybridized carbons (Fsp3) is 0.385. The molecule has 1 amide bonds. The Morgan fingerprint density at radius 1 is 1.25 bits per heavy atom. The molecule has 3 heteroatoms. The van der Waals surface area contributed by atoms with Crippen LogP contribution < -0.4 is 0 Å². The summed E-state index contributed by atoms with van der Waals surface area (Å²) in [5.41, 5.74) is 0.971. The van der Waals surface area contributed by atoms with Crippen molar-refractivity contribution in [1.29, 1.82) is 0 Å². The van der Waals surface area contributed by atoms with E-state index in [9.17, 15) is 4.79 Å². The topological polar surface area (TPSA) is 29.5 Å². The number of amides is 1. The van der Waals surface area contributed by atoms with Gasteiger partial charge in [0, 0.05) is 13.1 Å². The summed E-state index contributed by atoms with van der Waals surface area (Å²) in [7, 11) is 0. The largest absolute Gasteiger partial charge is 0.378 e. The fourth-order valence-corrected chi connectivity index (χ4v) is 1.83. The van der Waals surface area contributed by atoms with Crippen LogP contribution in [0.5, 0.6) is 0 Å². The molecule has 3 nitrogen and oxygen atoms in total. The fourth-order valence-electron chi connectivity index (χ4n) is 1.83. The zero-order chi connectivity index (χ0) is 11.4. The number of ether oxygens (including phenoxy) is 1. The molecule has 1 radical (unpaired) electrons. The van der Waals surface area contributed by atoms with Crippen molar-refractivity contribution in [3.05, 3.63) is 42.8 Å². The van der Waals surface area contributed by atoms with E-state index in [1.807, 2.05) is 35.2 Å². The van der Waals surface area contributed by atoms with Crippen molar-refractivity contribution in [2.24, 2.45) is 0 Å². The molecule has 1 fully saturated rings. The minimum absolute atomic E-state index is 0.0921. The molecule has 1 aromatic carbocycles. The van der Waals surface area contributed by atoms with Crippen LogP contribution in [0.15, 0.2) is 30.3 Å². The lowest BCUT2D eigenvalue weighted by Crippen LogP contribution is -2.42. The molecule has 0 bridgehead atoms. The summed E-state index contributed by atoms with van der Waals surface area (Å²) >= 11 is 0.